The van der Waals surface area contributed by atoms with Crippen LogP contribution in [-0.4, -0.2) is 24.6 Å². The Morgan fingerprint density at radius 3 is 2.32 bits per heavy atom. The lowest BCUT2D eigenvalue weighted by Gasteiger charge is -2.09. The highest BCUT2D eigenvalue weighted by molar-refractivity contribution is 7.89. The number of hydrogen-bond acceptors (Lipinski definition) is 4. The first-order valence-corrected chi connectivity index (χ1v) is 6.91. The average Bonchev–Trinajstić information content (AvgIpc) is 2.42. The molecule has 8 heteroatoms. The van der Waals surface area contributed by atoms with Gasteiger partial charge in [-0.15, -0.1) is 0 Å². The number of fused-ring (bicyclic) bond motifs is 1. The topological polar surface area (TPSA) is 90.2 Å². The molecule has 2 aromatic rings. The summed E-state index contributed by atoms with van der Waals surface area (Å²) in [6.45, 7) is 0. The Balaban J connectivity index is 2.97. The molecule has 1 aromatic heterocycles. The van der Waals surface area contributed by atoms with Gasteiger partial charge >= 0.3 is 5.69 Å². The molecule has 1 aromatic carbocycles. The molecule has 1 N–H and O–H groups in total. The van der Waals surface area contributed by atoms with E-state index in [9.17, 15) is 18.0 Å². The summed E-state index contributed by atoms with van der Waals surface area (Å²) >= 11 is 0. The first kappa shape index (κ1) is 13.5. The number of nitrogens with one attached hydrogen (secondary N) is 1. The van der Waals surface area contributed by atoms with Crippen LogP contribution in [0.5, 0.6) is 0 Å². The largest absolute Gasteiger partial charge is 0.330 e. The summed E-state index contributed by atoms with van der Waals surface area (Å²) < 4.78 is 27.8. The third-order valence-corrected chi connectivity index (χ3v) is 4.43. The van der Waals surface area contributed by atoms with Crippen LogP contribution < -0.4 is 16.0 Å². The standard InChI is InChI=1S/C11H13N3O4S/c1-12-19(17,18)7-4-5-9-8(6-7)10(15)14(3)11(16)13(9)2/h4-6,12H,1-3H3. The Kier molecular flexibility index (Phi) is 3.07. The molecule has 0 bridgehead atoms. The van der Waals surface area contributed by atoms with Gasteiger partial charge in [0, 0.05) is 14.1 Å². The Labute approximate surface area is 109 Å². The Bertz CT molecular complexity index is 877. The van der Waals surface area contributed by atoms with Gasteiger partial charge in [-0.1, -0.05) is 0 Å². The van der Waals surface area contributed by atoms with Crippen molar-refractivity contribution in [2.45, 2.75) is 4.90 Å². The van der Waals surface area contributed by atoms with Gasteiger partial charge in [0.1, 0.15) is 0 Å². The molecule has 0 radical (unpaired) electrons. The number of nitrogens with zero attached hydrogens (tertiary/aromatic N) is 2. The second-order valence-electron chi connectivity index (χ2n) is 4.09. The molecule has 7 nitrogen and oxygen atoms in total. The van der Waals surface area contributed by atoms with Crippen molar-refractivity contribution in [1.29, 1.82) is 0 Å². The van der Waals surface area contributed by atoms with Gasteiger partial charge < -0.3 is 0 Å². The molecule has 0 saturated carbocycles. The zero-order valence-electron chi connectivity index (χ0n) is 10.7. The van der Waals surface area contributed by atoms with E-state index in [0.717, 1.165) is 4.57 Å². The molecule has 0 aliphatic heterocycles. The van der Waals surface area contributed by atoms with E-state index in [0.29, 0.717) is 5.52 Å². The van der Waals surface area contributed by atoms with E-state index in [1.807, 2.05) is 0 Å². The van der Waals surface area contributed by atoms with Crippen LogP contribution in [0.25, 0.3) is 10.9 Å². The Morgan fingerprint density at radius 2 is 1.74 bits per heavy atom. The van der Waals surface area contributed by atoms with Gasteiger partial charge in [-0.3, -0.25) is 13.9 Å². The van der Waals surface area contributed by atoms with E-state index in [2.05, 4.69) is 4.72 Å². The highest BCUT2D eigenvalue weighted by atomic mass is 32.2. The van der Waals surface area contributed by atoms with Gasteiger partial charge in [0.25, 0.3) is 5.56 Å². The molecular formula is C11H13N3O4S. The maximum atomic E-state index is 12.0. The maximum absolute atomic E-state index is 12.0. The van der Waals surface area contributed by atoms with E-state index in [4.69, 9.17) is 0 Å². The molecule has 0 aliphatic rings. The number of sulfonamides is 1. The zero-order valence-corrected chi connectivity index (χ0v) is 11.5. The lowest BCUT2D eigenvalue weighted by atomic mass is 10.2. The second kappa shape index (κ2) is 4.32. The minimum Gasteiger partial charge on any atom is -0.296 e. The number of benzene rings is 1. The first-order chi connectivity index (χ1) is 8.79. The van der Waals surface area contributed by atoms with Gasteiger partial charge in [0.2, 0.25) is 10.0 Å². The van der Waals surface area contributed by atoms with Crippen molar-refractivity contribution in [2.24, 2.45) is 14.1 Å². The fourth-order valence-corrected chi connectivity index (χ4v) is 2.62. The van der Waals surface area contributed by atoms with Crippen molar-refractivity contribution < 1.29 is 8.42 Å². The van der Waals surface area contributed by atoms with Crippen LogP contribution in [-0.2, 0) is 24.1 Å². The molecule has 0 amide bonds. The summed E-state index contributed by atoms with van der Waals surface area (Å²) in [6.07, 6.45) is 0. The Hall–Kier alpha value is -1.93. The second-order valence-corrected chi connectivity index (χ2v) is 5.98. The van der Waals surface area contributed by atoms with Crippen LogP contribution in [0.15, 0.2) is 32.7 Å². The van der Waals surface area contributed by atoms with Gasteiger partial charge in [-0.25, -0.2) is 17.9 Å². The van der Waals surface area contributed by atoms with E-state index in [1.165, 1.54) is 43.9 Å². The molecule has 102 valence electrons. The van der Waals surface area contributed by atoms with E-state index in [-0.39, 0.29) is 10.3 Å². The fourth-order valence-electron chi connectivity index (χ4n) is 1.86. The van der Waals surface area contributed by atoms with Crippen LogP contribution in [0.3, 0.4) is 0 Å². The van der Waals surface area contributed by atoms with Crippen LogP contribution in [0.1, 0.15) is 0 Å². The lowest BCUT2D eigenvalue weighted by molar-refractivity contribution is 0.588. The highest BCUT2D eigenvalue weighted by Crippen LogP contribution is 2.14. The highest BCUT2D eigenvalue weighted by Gasteiger charge is 2.15. The zero-order chi connectivity index (χ0) is 14.4. The molecule has 0 spiro atoms. The number of aromatic nitrogens is 2. The lowest BCUT2D eigenvalue weighted by Crippen LogP contribution is -2.37. The summed E-state index contributed by atoms with van der Waals surface area (Å²) in [4.78, 5) is 23.7. The summed E-state index contributed by atoms with van der Waals surface area (Å²) in [6, 6.07) is 4.07. The molecule has 2 rings (SSSR count). The fraction of sp³-hybridized carbons (Fsp3) is 0.273. The number of hydrogen-bond donors (Lipinski definition) is 1. The maximum Gasteiger partial charge on any atom is 0.330 e. The first-order valence-electron chi connectivity index (χ1n) is 5.43. The summed E-state index contributed by atoms with van der Waals surface area (Å²) in [5.74, 6) is 0. The van der Waals surface area contributed by atoms with Gasteiger partial charge in [-0.05, 0) is 25.2 Å². The molecule has 0 unspecified atom stereocenters. The van der Waals surface area contributed by atoms with Crippen molar-refractivity contribution >= 4 is 20.9 Å². The summed E-state index contributed by atoms with van der Waals surface area (Å²) in [5, 5.41) is 0.181. The minimum atomic E-state index is -3.63. The SMILES string of the molecule is CNS(=O)(=O)c1ccc2c(c1)c(=O)n(C)c(=O)n2C. The van der Waals surface area contributed by atoms with E-state index >= 15 is 0 Å². The van der Waals surface area contributed by atoms with E-state index < -0.39 is 21.3 Å². The van der Waals surface area contributed by atoms with Crippen molar-refractivity contribution in [3.63, 3.8) is 0 Å². The van der Waals surface area contributed by atoms with Crippen molar-refractivity contribution in [2.75, 3.05) is 7.05 Å². The van der Waals surface area contributed by atoms with Crippen LogP contribution in [0.2, 0.25) is 0 Å². The van der Waals surface area contributed by atoms with Crippen molar-refractivity contribution in [3.8, 4) is 0 Å². The predicted octanol–water partition coefficient (Wildman–Crippen LogP) is -0.855. The van der Waals surface area contributed by atoms with Gasteiger partial charge in [0.15, 0.2) is 0 Å². The van der Waals surface area contributed by atoms with Crippen molar-refractivity contribution in [3.05, 3.63) is 39.0 Å². The number of rotatable bonds is 2. The van der Waals surface area contributed by atoms with Crippen molar-refractivity contribution in [1.82, 2.24) is 13.9 Å². The molecule has 0 fully saturated rings. The van der Waals surface area contributed by atoms with Crippen LogP contribution in [0, 0.1) is 0 Å². The number of aryl methyl sites for hydroxylation is 1. The minimum absolute atomic E-state index is 0.0155. The average molecular weight is 283 g/mol. The smallest absolute Gasteiger partial charge is 0.296 e. The van der Waals surface area contributed by atoms with Gasteiger partial charge in [-0.2, -0.15) is 0 Å². The quantitative estimate of drug-likeness (QED) is 0.777. The summed E-state index contributed by atoms with van der Waals surface area (Å²) in [5.41, 5.74) is -0.587. The molecule has 0 aliphatic carbocycles. The molecule has 0 atom stereocenters. The third kappa shape index (κ3) is 1.98. The third-order valence-electron chi connectivity index (χ3n) is 3.02. The van der Waals surface area contributed by atoms with Crippen LogP contribution >= 0.6 is 0 Å². The van der Waals surface area contributed by atoms with E-state index in [1.54, 1.807) is 0 Å². The molecule has 19 heavy (non-hydrogen) atoms. The monoisotopic (exact) mass is 283 g/mol. The molecule has 1 heterocycles. The predicted molar refractivity (Wildman–Crippen MR) is 70.7 cm³/mol. The Morgan fingerprint density at radius 1 is 1.11 bits per heavy atom. The summed E-state index contributed by atoms with van der Waals surface area (Å²) in [7, 11) is 0.537. The molecular weight excluding hydrogens is 270 g/mol. The van der Waals surface area contributed by atoms with Gasteiger partial charge in [0.05, 0.1) is 15.8 Å². The van der Waals surface area contributed by atoms with Crippen LogP contribution in [0.4, 0.5) is 0 Å². The normalized spacial score (nSPS) is 11.9. The molecule has 0 saturated heterocycles.